The van der Waals surface area contributed by atoms with Gasteiger partial charge in [0.15, 0.2) is 0 Å². The summed E-state index contributed by atoms with van der Waals surface area (Å²) in [6.07, 6.45) is 5.26. The molecule has 35 heavy (non-hydrogen) atoms. The molecule has 1 aromatic rings. The van der Waals surface area contributed by atoms with Gasteiger partial charge in [0.05, 0.1) is 5.56 Å². The fraction of sp³-hybridized carbons (Fsp3) is 0.778. The molecular formula is C27H33F3O4S. The van der Waals surface area contributed by atoms with Gasteiger partial charge in [-0.25, -0.2) is 0 Å². The predicted octanol–water partition coefficient (Wildman–Crippen LogP) is 6.59. The quantitative estimate of drug-likeness (QED) is 0.450. The average Bonchev–Trinajstić information content (AvgIpc) is 2.69. The summed E-state index contributed by atoms with van der Waals surface area (Å²) in [4.78, 5) is -0.369. The highest BCUT2D eigenvalue weighted by Crippen LogP contribution is 2.66. The Morgan fingerprint density at radius 1 is 0.743 bits per heavy atom. The van der Waals surface area contributed by atoms with Crippen LogP contribution in [0.25, 0.3) is 0 Å². The number of aromatic hydroxyl groups is 1. The van der Waals surface area contributed by atoms with Gasteiger partial charge < -0.3 is 5.11 Å². The number of phenolic OH excluding ortho intramolecular Hbond substituents is 1. The standard InChI is InChI=1S/C27H33F3O4S/c28-27(29,30)20-7-21(25-8-14-1-15(9-25)3-16(2-14)10-25)24(35(32,33)34)22(23(20)31)26-11-17-4-18(12-26)6-19(5-17)13-26/h7,14-19,31H,1-6,8-13H2,(H,32,33,34). The van der Waals surface area contributed by atoms with Crippen molar-refractivity contribution in [3.05, 3.63) is 22.8 Å². The molecule has 0 aromatic heterocycles. The lowest BCUT2D eigenvalue weighted by molar-refractivity contribution is -0.139. The first-order chi connectivity index (χ1) is 16.4. The molecule has 0 unspecified atom stereocenters. The van der Waals surface area contributed by atoms with Gasteiger partial charge in [0, 0.05) is 11.0 Å². The first kappa shape index (κ1) is 22.9. The molecule has 0 aliphatic heterocycles. The van der Waals surface area contributed by atoms with E-state index in [0.29, 0.717) is 74.0 Å². The topological polar surface area (TPSA) is 74.6 Å². The van der Waals surface area contributed by atoms with Crippen LogP contribution in [-0.2, 0) is 27.1 Å². The minimum Gasteiger partial charge on any atom is -0.507 e. The van der Waals surface area contributed by atoms with Crippen LogP contribution in [0.15, 0.2) is 11.0 Å². The van der Waals surface area contributed by atoms with E-state index in [4.69, 9.17) is 0 Å². The number of alkyl halides is 3. The smallest absolute Gasteiger partial charge is 0.419 e. The SMILES string of the molecule is O=S(=O)(O)c1c(C23CC4CC(CC(C4)C2)C3)cc(C(F)(F)F)c(O)c1C12CC3CC(CC(C3)C1)C2. The van der Waals surface area contributed by atoms with Gasteiger partial charge in [0.1, 0.15) is 10.6 Å². The van der Waals surface area contributed by atoms with E-state index < -0.39 is 38.4 Å². The van der Waals surface area contributed by atoms with Gasteiger partial charge in [-0.2, -0.15) is 21.6 Å². The van der Waals surface area contributed by atoms with E-state index in [2.05, 4.69) is 0 Å². The van der Waals surface area contributed by atoms with Crippen molar-refractivity contribution in [2.75, 3.05) is 0 Å². The molecule has 1 aromatic carbocycles. The minimum absolute atomic E-state index is 0.0975. The fourth-order valence-electron chi connectivity index (χ4n) is 10.9. The highest BCUT2D eigenvalue weighted by molar-refractivity contribution is 7.86. The normalized spacial score (nSPS) is 43.8. The first-order valence-corrected chi connectivity index (χ1v) is 14.7. The second-order valence-electron chi connectivity index (χ2n) is 13.4. The van der Waals surface area contributed by atoms with Crippen LogP contribution in [-0.4, -0.2) is 18.1 Å². The minimum atomic E-state index is -4.86. The van der Waals surface area contributed by atoms with Crippen LogP contribution in [0.4, 0.5) is 13.2 Å². The Morgan fingerprint density at radius 2 is 1.11 bits per heavy atom. The van der Waals surface area contributed by atoms with Crippen molar-refractivity contribution < 1.29 is 31.2 Å². The number of benzene rings is 1. The van der Waals surface area contributed by atoms with Gasteiger partial charge in [-0.15, -0.1) is 0 Å². The van der Waals surface area contributed by atoms with Gasteiger partial charge in [-0.05, 0) is 130 Å². The summed E-state index contributed by atoms with van der Waals surface area (Å²) in [6.45, 7) is 0. The largest absolute Gasteiger partial charge is 0.507 e. The Bertz CT molecular complexity index is 1130. The summed E-state index contributed by atoms with van der Waals surface area (Å²) in [5, 5.41) is 11.2. The van der Waals surface area contributed by atoms with E-state index in [0.717, 1.165) is 44.6 Å². The molecule has 8 saturated carbocycles. The molecule has 192 valence electrons. The zero-order valence-electron chi connectivity index (χ0n) is 19.8. The Labute approximate surface area is 204 Å². The van der Waals surface area contributed by atoms with E-state index in [1.54, 1.807) is 0 Å². The van der Waals surface area contributed by atoms with E-state index in [1.807, 2.05) is 0 Å². The third-order valence-corrected chi connectivity index (χ3v) is 11.9. The van der Waals surface area contributed by atoms with Crippen LogP contribution in [0.3, 0.4) is 0 Å². The van der Waals surface area contributed by atoms with Crippen molar-refractivity contribution in [1.29, 1.82) is 0 Å². The number of hydrogen-bond donors (Lipinski definition) is 2. The van der Waals surface area contributed by atoms with E-state index in [-0.39, 0.29) is 16.0 Å². The fourth-order valence-corrected chi connectivity index (χ4v) is 12.0. The molecule has 8 aliphatic rings. The van der Waals surface area contributed by atoms with Crippen molar-refractivity contribution >= 4 is 10.1 Å². The van der Waals surface area contributed by atoms with Crippen LogP contribution in [0.2, 0.25) is 0 Å². The third-order valence-electron chi connectivity index (χ3n) is 11.0. The van der Waals surface area contributed by atoms with Gasteiger partial charge in [-0.3, -0.25) is 4.55 Å². The molecule has 0 amide bonds. The number of halogens is 3. The Morgan fingerprint density at radius 3 is 1.46 bits per heavy atom. The summed E-state index contributed by atoms with van der Waals surface area (Å²) >= 11 is 0. The van der Waals surface area contributed by atoms with Gasteiger partial charge in [0.25, 0.3) is 10.1 Å². The molecule has 2 N–H and O–H groups in total. The highest BCUT2D eigenvalue weighted by Gasteiger charge is 2.58. The Hall–Kier alpha value is -1.28. The number of hydrogen-bond acceptors (Lipinski definition) is 3. The van der Waals surface area contributed by atoms with Crippen LogP contribution in [0.1, 0.15) is 93.7 Å². The maximum Gasteiger partial charge on any atom is 0.419 e. The number of phenols is 1. The Kier molecular flexibility index (Phi) is 4.56. The average molecular weight is 511 g/mol. The zero-order valence-corrected chi connectivity index (χ0v) is 20.6. The molecule has 8 aliphatic carbocycles. The summed E-state index contributed by atoms with van der Waals surface area (Å²) in [7, 11) is -4.86. The second-order valence-corrected chi connectivity index (χ2v) is 14.8. The summed E-state index contributed by atoms with van der Waals surface area (Å²) in [5.41, 5.74) is -2.57. The monoisotopic (exact) mass is 510 g/mol. The maximum absolute atomic E-state index is 14.4. The summed E-state index contributed by atoms with van der Waals surface area (Å²) in [5.74, 6) is 1.23. The summed E-state index contributed by atoms with van der Waals surface area (Å²) in [6, 6.07) is 0.912. The van der Waals surface area contributed by atoms with Crippen molar-refractivity contribution in [2.24, 2.45) is 35.5 Å². The van der Waals surface area contributed by atoms with E-state index >= 15 is 0 Å². The van der Waals surface area contributed by atoms with Crippen LogP contribution in [0, 0.1) is 35.5 Å². The van der Waals surface area contributed by atoms with Crippen molar-refractivity contribution in [1.82, 2.24) is 0 Å². The number of rotatable bonds is 3. The second kappa shape index (κ2) is 6.97. The molecule has 0 saturated heterocycles. The van der Waals surface area contributed by atoms with Crippen molar-refractivity contribution in [3.8, 4) is 5.75 Å². The third kappa shape index (κ3) is 3.30. The molecule has 9 rings (SSSR count). The Balaban J connectivity index is 1.53. The molecular weight excluding hydrogens is 477 g/mol. The lowest BCUT2D eigenvalue weighted by atomic mass is 9.46. The van der Waals surface area contributed by atoms with E-state index in [9.17, 15) is 31.2 Å². The van der Waals surface area contributed by atoms with Crippen molar-refractivity contribution in [3.63, 3.8) is 0 Å². The lowest BCUT2D eigenvalue weighted by Crippen LogP contribution is -2.51. The zero-order chi connectivity index (χ0) is 24.5. The van der Waals surface area contributed by atoms with Gasteiger partial charge in [-0.1, -0.05) is 0 Å². The highest BCUT2D eigenvalue weighted by atomic mass is 32.2. The molecule has 8 bridgehead atoms. The maximum atomic E-state index is 14.4. The molecule has 0 radical (unpaired) electrons. The van der Waals surface area contributed by atoms with Crippen LogP contribution < -0.4 is 0 Å². The van der Waals surface area contributed by atoms with E-state index in [1.165, 1.54) is 0 Å². The van der Waals surface area contributed by atoms with Gasteiger partial charge in [0.2, 0.25) is 0 Å². The summed E-state index contributed by atoms with van der Waals surface area (Å²) < 4.78 is 80.2. The van der Waals surface area contributed by atoms with Gasteiger partial charge >= 0.3 is 6.18 Å². The molecule has 0 spiro atoms. The molecule has 0 atom stereocenters. The first-order valence-electron chi connectivity index (χ1n) is 13.3. The molecule has 8 heteroatoms. The molecule has 0 heterocycles. The van der Waals surface area contributed by atoms with Crippen molar-refractivity contribution in [2.45, 2.75) is 99.0 Å². The lowest BCUT2D eigenvalue weighted by Gasteiger charge is -2.59. The van der Waals surface area contributed by atoms with Crippen LogP contribution >= 0.6 is 0 Å². The van der Waals surface area contributed by atoms with Crippen LogP contribution in [0.5, 0.6) is 5.75 Å². The molecule has 8 fully saturated rings. The predicted molar refractivity (Wildman–Crippen MR) is 123 cm³/mol. The molecule has 4 nitrogen and oxygen atoms in total.